The van der Waals surface area contributed by atoms with E-state index in [-0.39, 0.29) is 0 Å². The van der Waals surface area contributed by atoms with Gasteiger partial charge in [-0.25, -0.2) is 0 Å². The maximum absolute atomic E-state index is 3.66. The van der Waals surface area contributed by atoms with Gasteiger partial charge in [0.1, 0.15) is 0 Å². The van der Waals surface area contributed by atoms with Crippen LogP contribution in [0.2, 0.25) is 0 Å². The highest BCUT2D eigenvalue weighted by Gasteiger charge is 2.29. The lowest BCUT2D eigenvalue weighted by Crippen LogP contribution is -2.37. The quantitative estimate of drug-likeness (QED) is 0.741. The highest BCUT2D eigenvalue weighted by atomic mass is 79.9. The Bertz CT molecular complexity index is 397. The first-order valence-corrected chi connectivity index (χ1v) is 8.60. The van der Waals surface area contributed by atoms with E-state index < -0.39 is 0 Å². The molecule has 0 aromatic carbocycles. The van der Waals surface area contributed by atoms with Gasteiger partial charge in [-0.2, -0.15) is 0 Å². The van der Waals surface area contributed by atoms with Gasteiger partial charge in [0.15, 0.2) is 0 Å². The Hall–Kier alpha value is 0.140. The second-order valence-corrected chi connectivity index (χ2v) is 8.69. The lowest BCUT2D eigenvalue weighted by molar-refractivity contribution is 0.148. The molecule has 0 spiro atoms. The highest BCUT2D eigenvalue weighted by Crippen LogP contribution is 2.41. The van der Waals surface area contributed by atoms with E-state index >= 15 is 0 Å². The molecule has 0 saturated heterocycles. The summed E-state index contributed by atoms with van der Waals surface area (Å²) in [6.07, 6.45) is 2.51. The Morgan fingerprint density at radius 2 is 2.06 bits per heavy atom. The van der Waals surface area contributed by atoms with Crippen molar-refractivity contribution in [3.05, 3.63) is 20.3 Å². The van der Waals surface area contributed by atoms with Gasteiger partial charge < -0.3 is 0 Å². The summed E-state index contributed by atoms with van der Waals surface area (Å²) in [4.78, 5) is 4.32. The molecule has 0 aliphatic carbocycles. The predicted octanol–water partition coefficient (Wildman–Crippen LogP) is 5.11. The second-order valence-electron chi connectivity index (χ2n) is 6.22. The van der Waals surface area contributed by atoms with E-state index in [1.165, 1.54) is 29.7 Å². The zero-order valence-corrected chi connectivity index (χ0v) is 14.3. The summed E-state index contributed by atoms with van der Waals surface area (Å²) in [7, 11) is 0. The van der Waals surface area contributed by atoms with Gasteiger partial charge >= 0.3 is 0 Å². The Kier molecular flexibility index (Phi) is 4.90. The Morgan fingerprint density at radius 3 is 2.67 bits per heavy atom. The van der Waals surface area contributed by atoms with Crippen LogP contribution in [0.3, 0.4) is 0 Å². The lowest BCUT2D eigenvalue weighted by Gasteiger charge is -2.37. The molecule has 1 aromatic heterocycles. The molecule has 0 fully saturated rings. The third kappa shape index (κ3) is 3.37. The molecule has 1 aromatic rings. The third-order valence-corrected chi connectivity index (χ3v) is 5.30. The van der Waals surface area contributed by atoms with Crippen molar-refractivity contribution in [3.63, 3.8) is 0 Å². The zero-order chi connectivity index (χ0) is 13.3. The average Bonchev–Trinajstić information content (AvgIpc) is 2.61. The summed E-state index contributed by atoms with van der Waals surface area (Å²) in [5.74, 6) is 1.51. The van der Waals surface area contributed by atoms with Gasteiger partial charge in [-0.1, -0.05) is 27.7 Å². The Balaban J connectivity index is 2.24. The predicted molar refractivity (Wildman–Crippen MR) is 84.3 cm³/mol. The SMILES string of the molecule is CC(C)CC1c2sc(Br)cc2CCN1CC(C)C. The van der Waals surface area contributed by atoms with Gasteiger partial charge in [0.2, 0.25) is 0 Å². The van der Waals surface area contributed by atoms with Crippen molar-refractivity contribution in [3.8, 4) is 0 Å². The molecule has 1 unspecified atom stereocenters. The molecule has 0 saturated carbocycles. The topological polar surface area (TPSA) is 3.24 Å². The molecule has 102 valence electrons. The highest BCUT2D eigenvalue weighted by molar-refractivity contribution is 9.11. The average molecular weight is 330 g/mol. The van der Waals surface area contributed by atoms with Crippen LogP contribution in [0.15, 0.2) is 9.85 Å². The van der Waals surface area contributed by atoms with Crippen LogP contribution in [0.1, 0.15) is 50.6 Å². The van der Waals surface area contributed by atoms with E-state index in [0.717, 1.165) is 11.8 Å². The van der Waals surface area contributed by atoms with Crippen LogP contribution in [0.4, 0.5) is 0 Å². The molecule has 3 heteroatoms. The number of fused-ring (bicyclic) bond motifs is 1. The van der Waals surface area contributed by atoms with Crippen LogP contribution in [0.5, 0.6) is 0 Å². The summed E-state index contributed by atoms with van der Waals surface area (Å²) >= 11 is 5.60. The standard InChI is InChI=1S/C15H24BrNS/c1-10(2)7-13-15-12(8-14(16)18-15)5-6-17(13)9-11(3)4/h8,10-11,13H,5-7,9H2,1-4H3. The fourth-order valence-corrected chi connectivity index (χ4v) is 4.75. The molecule has 1 atom stereocenters. The maximum atomic E-state index is 3.66. The van der Waals surface area contributed by atoms with Crippen LogP contribution in [0.25, 0.3) is 0 Å². The largest absolute Gasteiger partial charge is 0.295 e. The monoisotopic (exact) mass is 329 g/mol. The summed E-state index contributed by atoms with van der Waals surface area (Å²) in [5, 5.41) is 0. The molecule has 2 heterocycles. The van der Waals surface area contributed by atoms with Gasteiger partial charge in [-0.3, -0.25) is 4.90 Å². The first-order chi connectivity index (χ1) is 8.47. The number of hydrogen-bond acceptors (Lipinski definition) is 2. The zero-order valence-electron chi connectivity index (χ0n) is 11.9. The van der Waals surface area contributed by atoms with Crippen molar-refractivity contribution in [2.75, 3.05) is 13.1 Å². The molecule has 1 nitrogen and oxygen atoms in total. The second kappa shape index (κ2) is 6.06. The number of halogens is 1. The van der Waals surface area contributed by atoms with Gasteiger partial charge in [0.05, 0.1) is 3.79 Å². The Morgan fingerprint density at radius 1 is 1.33 bits per heavy atom. The van der Waals surface area contributed by atoms with Crippen molar-refractivity contribution in [2.45, 2.75) is 46.6 Å². The molecule has 2 rings (SSSR count). The fraction of sp³-hybridized carbons (Fsp3) is 0.733. The molecule has 0 amide bonds. The van der Waals surface area contributed by atoms with Gasteiger partial charge in [-0.15, -0.1) is 11.3 Å². The van der Waals surface area contributed by atoms with Gasteiger partial charge in [-0.05, 0) is 52.2 Å². The normalized spacial score (nSPS) is 20.7. The Labute approximate surface area is 124 Å². The number of nitrogens with zero attached hydrogens (tertiary/aromatic N) is 1. The number of rotatable bonds is 4. The van der Waals surface area contributed by atoms with Crippen molar-refractivity contribution in [1.29, 1.82) is 0 Å². The van der Waals surface area contributed by atoms with E-state index in [4.69, 9.17) is 0 Å². The van der Waals surface area contributed by atoms with Crippen molar-refractivity contribution >= 4 is 27.3 Å². The number of hydrogen-bond donors (Lipinski definition) is 0. The van der Waals surface area contributed by atoms with E-state index in [1.807, 2.05) is 11.3 Å². The maximum Gasteiger partial charge on any atom is 0.0704 e. The molecule has 0 bridgehead atoms. The van der Waals surface area contributed by atoms with Gasteiger partial charge in [0.25, 0.3) is 0 Å². The lowest BCUT2D eigenvalue weighted by atomic mass is 9.93. The molecular formula is C15H24BrNS. The molecule has 1 aliphatic rings. The third-order valence-electron chi connectivity index (χ3n) is 3.52. The molecule has 0 radical (unpaired) electrons. The first-order valence-electron chi connectivity index (χ1n) is 6.99. The van der Waals surface area contributed by atoms with E-state index in [0.29, 0.717) is 6.04 Å². The van der Waals surface area contributed by atoms with E-state index in [9.17, 15) is 0 Å². The molecule has 18 heavy (non-hydrogen) atoms. The summed E-state index contributed by atoms with van der Waals surface area (Å²) in [6.45, 7) is 11.8. The van der Waals surface area contributed by atoms with E-state index in [2.05, 4.69) is 54.6 Å². The van der Waals surface area contributed by atoms with Crippen molar-refractivity contribution in [2.24, 2.45) is 11.8 Å². The first kappa shape index (κ1) is 14.5. The van der Waals surface area contributed by atoms with Crippen molar-refractivity contribution in [1.82, 2.24) is 4.90 Å². The fourth-order valence-electron chi connectivity index (χ4n) is 2.86. The van der Waals surface area contributed by atoms with Crippen LogP contribution >= 0.6 is 27.3 Å². The summed E-state index contributed by atoms with van der Waals surface area (Å²) < 4.78 is 1.30. The van der Waals surface area contributed by atoms with Crippen LogP contribution < -0.4 is 0 Å². The van der Waals surface area contributed by atoms with Crippen molar-refractivity contribution < 1.29 is 0 Å². The molecule has 1 aliphatic heterocycles. The minimum atomic E-state index is 0.646. The van der Waals surface area contributed by atoms with E-state index in [1.54, 1.807) is 10.4 Å². The minimum Gasteiger partial charge on any atom is -0.295 e. The summed E-state index contributed by atoms with van der Waals surface area (Å²) in [6, 6.07) is 2.98. The van der Waals surface area contributed by atoms with Crippen LogP contribution in [-0.2, 0) is 6.42 Å². The molecule has 0 N–H and O–H groups in total. The van der Waals surface area contributed by atoms with Crippen LogP contribution in [0, 0.1) is 11.8 Å². The summed E-state index contributed by atoms with van der Waals surface area (Å²) in [5.41, 5.74) is 1.58. The van der Waals surface area contributed by atoms with Crippen LogP contribution in [-0.4, -0.2) is 18.0 Å². The minimum absolute atomic E-state index is 0.646. The smallest absolute Gasteiger partial charge is 0.0704 e. The molecular weight excluding hydrogens is 306 g/mol. The van der Waals surface area contributed by atoms with Gasteiger partial charge in [0, 0.05) is 24.0 Å². The number of thiophene rings is 1.